The molecule has 0 saturated heterocycles. The van der Waals surface area contributed by atoms with Crippen LogP contribution >= 0.6 is 11.3 Å². The molecule has 0 bridgehead atoms. The van der Waals surface area contributed by atoms with Crippen molar-refractivity contribution in [2.24, 2.45) is 0 Å². The highest BCUT2D eigenvalue weighted by atomic mass is 32.1. The normalized spacial score (nSPS) is 18.8. The lowest BCUT2D eigenvalue weighted by molar-refractivity contribution is -0.136. The van der Waals surface area contributed by atoms with E-state index in [0.717, 1.165) is 30.8 Å². The van der Waals surface area contributed by atoms with Gasteiger partial charge in [-0.05, 0) is 67.5 Å². The van der Waals surface area contributed by atoms with Gasteiger partial charge in [0, 0.05) is 30.6 Å². The van der Waals surface area contributed by atoms with E-state index in [2.05, 4.69) is 16.3 Å². The van der Waals surface area contributed by atoms with E-state index in [1.165, 1.54) is 10.4 Å². The Morgan fingerprint density at radius 2 is 2.00 bits per heavy atom. The summed E-state index contributed by atoms with van der Waals surface area (Å²) in [6, 6.07) is 9.89. The second-order valence-electron chi connectivity index (χ2n) is 8.61. The molecular formula is C25H34N2O5S. The van der Waals surface area contributed by atoms with Gasteiger partial charge < -0.3 is 24.2 Å². The van der Waals surface area contributed by atoms with E-state index in [1.807, 2.05) is 36.1 Å². The first-order valence-electron chi connectivity index (χ1n) is 11.7. The average molecular weight is 475 g/mol. The van der Waals surface area contributed by atoms with E-state index in [9.17, 15) is 9.90 Å². The van der Waals surface area contributed by atoms with E-state index in [0.29, 0.717) is 45.5 Å². The molecule has 1 amide bonds. The summed E-state index contributed by atoms with van der Waals surface area (Å²) in [6.07, 6.45) is 2.44. The number of rotatable bonds is 12. The third kappa shape index (κ3) is 6.26. The number of thiophene rings is 1. The molecule has 1 aromatic heterocycles. The van der Waals surface area contributed by atoms with Crippen LogP contribution < -0.4 is 9.47 Å². The molecule has 0 spiro atoms. The number of hydrogen-bond acceptors (Lipinski definition) is 7. The molecule has 7 nitrogen and oxygen atoms in total. The van der Waals surface area contributed by atoms with Crippen molar-refractivity contribution in [3.63, 3.8) is 0 Å². The van der Waals surface area contributed by atoms with Crippen LogP contribution in [0.1, 0.15) is 36.2 Å². The van der Waals surface area contributed by atoms with Crippen LogP contribution in [0.5, 0.6) is 11.5 Å². The Bertz CT molecular complexity index is 898. The molecule has 180 valence electrons. The minimum absolute atomic E-state index is 0.0886. The summed E-state index contributed by atoms with van der Waals surface area (Å²) in [4.78, 5) is 18.9. The van der Waals surface area contributed by atoms with Crippen LogP contribution in [0.2, 0.25) is 0 Å². The molecule has 2 unspecified atom stereocenters. The minimum Gasteiger partial charge on any atom is -0.497 e. The molecule has 2 aliphatic rings. The quantitative estimate of drug-likeness (QED) is 0.510. The van der Waals surface area contributed by atoms with Gasteiger partial charge in [0.25, 0.3) is 0 Å². The predicted molar refractivity (Wildman–Crippen MR) is 128 cm³/mol. The van der Waals surface area contributed by atoms with Gasteiger partial charge >= 0.3 is 0 Å². The second-order valence-corrected chi connectivity index (χ2v) is 9.61. The maximum Gasteiger partial charge on any atom is 0.237 e. The van der Waals surface area contributed by atoms with Crippen molar-refractivity contribution in [3.8, 4) is 11.5 Å². The van der Waals surface area contributed by atoms with Crippen molar-refractivity contribution in [1.29, 1.82) is 0 Å². The predicted octanol–water partition coefficient (Wildman–Crippen LogP) is 3.12. The van der Waals surface area contributed by atoms with E-state index in [1.54, 1.807) is 18.4 Å². The highest BCUT2D eigenvalue weighted by molar-refractivity contribution is 7.10. The SMILES string of the molecule is CCOCC(O)CN(CC(=O)N1CCc2sccc2C1COc1ccc(OC)cc1)C1CC1. The van der Waals surface area contributed by atoms with Crippen LogP contribution in [-0.4, -0.2) is 79.5 Å². The van der Waals surface area contributed by atoms with Crippen LogP contribution in [0, 0.1) is 0 Å². The Hall–Kier alpha value is -2.13. The number of amides is 1. The number of methoxy groups -OCH3 is 1. The number of ether oxygens (including phenoxy) is 3. The lowest BCUT2D eigenvalue weighted by Crippen LogP contribution is -2.48. The van der Waals surface area contributed by atoms with Gasteiger partial charge in [0.05, 0.1) is 32.4 Å². The molecule has 2 aromatic rings. The summed E-state index contributed by atoms with van der Waals surface area (Å²) in [6.45, 7) is 4.65. The van der Waals surface area contributed by atoms with Gasteiger partial charge in [0.15, 0.2) is 0 Å². The monoisotopic (exact) mass is 474 g/mol. The Labute approximate surface area is 199 Å². The van der Waals surface area contributed by atoms with E-state index >= 15 is 0 Å². The molecule has 8 heteroatoms. The fraction of sp³-hybridized carbons (Fsp3) is 0.560. The van der Waals surface area contributed by atoms with Gasteiger partial charge in [0.2, 0.25) is 5.91 Å². The van der Waals surface area contributed by atoms with Crippen molar-refractivity contribution < 1.29 is 24.1 Å². The first-order valence-corrected chi connectivity index (χ1v) is 12.6. The molecule has 1 aromatic carbocycles. The van der Waals surface area contributed by atoms with Gasteiger partial charge in [-0.15, -0.1) is 11.3 Å². The van der Waals surface area contributed by atoms with Crippen molar-refractivity contribution in [2.45, 2.75) is 44.4 Å². The minimum atomic E-state index is -0.586. The smallest absolute Gasteiger partial charge is 0.237 e. The topological polar surface area (TPSA) is 71.5 Å². The Morgan fingerprint density at radius 1 is 1.24 bits per heavy atom. The molecule has 1 N–H and O–H groups in total. The molecule has 1 aliphatic heterocycles. The van der Waals surface area contributed by atoms with Crippen molar-refractivity contribution in [3.05, 3.63) is 46.2 Å². The summed E-state index contributed by atoms with van der Waals surface area (Å²) in [7, 11) is 1.64. The third-order valence-electron chi connectivity index (χ3n) is 6.24. The van der Waals surface area contributed by atoms with Gasteiger partial charge in [-0.25, -0.2) is 0 Å². The summed E-state index contributed by atoms with van der Waals surface area (Å²) in [5.41, 5.74) is 1.18. The standard InChI is InChI=1S/C25H34N2O5S/c1-3-31-16-19(28)14-26(18-4-5-18)15-25(29)27-12-10-24-22(11-13-33-24)23(27)17-32-21-8-6-20(30-2)7-9-21/h6-9,11,13,18-19,23,28H,3-5,10,12,14-17H2,1-2H3. The summed E-state index contributed by atoms with van der Waals surface area (Å²) in [5, 5.41) is 12.4. The summed E-state index contributed by atoms with van der Waals surface area (Å²) in [5.74, 6) is 1.62. The van der Waals surface area contributed by atoms with Crippen molar-refractivity contribution in [1.82, 2.24) is 9.80 Å². The largest absolute Gasteiger partial charge is 0.497 e. The van der Waals surface area contributed by atoms with Crippen molar-refractivity contribution in [2.75, 3.05) is 46.6 Å². The maximum absolute atomic E-state index is 13.5. The Kier molecular flexibility index (Phi) is 8.25. The number of aliphatic hydroxyl groups excluding tert-OH is 1. The van der Waals surface area contributed by atoms with Crippen LogP contribution in [0.25, 0.3) is 0 Å². The Morgan fingerprint density at radius 3 is 2.70 bits per heavy atom. The van der Waals surface area contributed by atoms with E-state index in [-0.39, 0.29) is 11.9 Å². The van der Waals surface area contributed by atoms with Crippen LogP contribution in [0.4, 0.5) is 0 Å². The molecule has 2 atom stereocenters. The first kappa shape index (κ1) is 24.0. The number of aliphatic hydroxyl groups is 1. The summed E-state index contributed by atoms with van der Waals surface area (Å²) < 4.78 is 16.7. The second kappa shape index (κ2) is 11.3. The highest BCUT2D eigenvalue weighted by Crippen LogP contribution is 2.35. The third-order valence-corrected chi connectivity index (χ3v) is 7.24. The molecule has 2 heterocycles. The molecule has 1 fully saturated rings. The first-order chi connectivity index (χ1) is 16.1. The number of carbonyl (C=O) groups is 1. The van der Waals surface area contributed by atoms with Gasteiger partial charge in [-0.2, -0.15) is 0 Å². The molecule has 4 rings (SSSR count). The number of carbonyl (C=O) groups excluding carboxylic acids is 1. The Balaban J connectivity index is 1.43. The van der Waals surface area contributed by atoms with Crippen LogP contribution in [0.3, 0.4) is 0 Å². The number of benzene rings is 1. The highest BCUT2D eigenvalue weighted by Gasteiger charge is 2.36. The number of hydrogen-bond donors (Lipinski definition) is 1. The molecular weight excluding hydrogens is 440 g/mol. The zero-order valence-corrected chi connectivity index (χ0v) is 20.3. The zero-order chi connectivity index (χ0) is 23.2. The molecule has 33 heavy (non-hydrogen) atoms. The lowest BCUT2D eigenvalue weighted by Gasteiger charge is -2.37. The summed E-state index contributed by atoms with van der Waals surface area (Å²) >= 11 is 1.75. The van der Waals surface area contributed by atoms with E-state index < -0.39 is 6.10 Å². The number of fused-ring (bicyclic) bond motifs is 1. The molecule has 1 aliphatic carbocycles. The van der Waals surface area contributed by atoms with Gasteiger partial charge in [-0.3, -0.25) is 9.69 Å². The molecule has 1 saturated carbocycles. The zero-order valence-electron chi connectivity index (χ0n) is 19.4. The number of nitrogens with zero attached hydrogens (tertiary/aromatic N) is 2. The van der Waals surface area contributed by atoms with E-state index in [4.69, 9.17) is 14.2 Å². The fourth-order valence-electron chi connectivity index (χ4n) is 4.35. The molecule has 0 radical (unpaired) electrons. The van der Waals surface area contributed by atoms with Crippen molar-refractivity contribution >= 4 is 17.2 Å². The van der Waals surface area contributed by atoms with Crippen LogP contribution in [0.15, 0.2) is 35.7 Å². The van der Waals surface area contributed by atoms with Gasteiger partial charge in [-0.1, -0.05) is 0 Å². The van der Waals surface area contributed by atoms with Gasteiger partial charge in [0.1, 0.15) is 18.1 Å². The van der Waals surface area contributed by atoms with Crippen LogP contribution in [-0.2, 0) is 16.0 Å². The lowest BCUT2D eigenvalue weighted by atomic mass is 10.0. The average Bonchev–Trinajstić information content (AvgIpc) is 3.57. The fourth-order valence-corrected chi connectivity index (χ4v) is 5.27. The maximum atomic E-state index is 13.5.